The number of aromatic nitrogens is 4. The lowest BCUT2D eigenvalue weighted by atomic mass is 10.3. The lowest BCUT2D eigenvalue weighted by molar-refractivity contribution is 0.286. The minimum Gasteiger partial charge on any atom is -0.486 e. The van der Waals surface area contributed by atoms with Crippen LogP contribution in [0.5, 0.6) is 5.75 Å². The first-order valence-electron chi connectivity index (χ1n) is 5.48. The van der Waals surface area contributed by atoms with E-state index in [1.54, 1.807) is 12.1 Å². The van der Waals surface area contributed by atoms with Crippen LogP contribution in [0.25, 0.3) is 0 Å². The predicted octanol–water partition coefficient (Wildman–Crippen LogP) is 2.24. The Kier molecular flexibility index (Phi) is 2.68. The van der Waals surface area contributed by atoms with Crippen molar-refractivity contribution in [1.29, 1.82) is 0 Å². The Morgan fingerprint density at radius 1 is 1.29 bits per heavy atom. The fourth-order valence-electron chi connectivity index (χ4n) is 1.59. The van der Waals surface area contributed by atoms with Crippen LogP contribution in [0.3, 0.4) is 0 Å². The minimum atomic E-state index is 0.380. The first kappa shape index (κ1) is 10.5. The van der Waals surface area contributed by atoms with Crippen molar-refractivity contribution in [2.75, 3.05) is 0 Å². The van der Waals surface area contributed by atoms with Gasteiger partial charge in [-0.2, -0.15) is 0 Å². The van der Waals surface area contributed by atoms with E-state index in [0.717, 1.165) is 24.4 Å². The van der Waals surface area contributed by atoms with Crippen molar-refractivity contribution in [3.8, 4) is 5.75 Å². The van der Waals surface area contributed by atoms with Gasteiger partial charge in [-0.3, -0.25) is 0 Å². The molecule has 0 atom stereocenters. The summed E-state index contributed by atoms with van der Waals surface area (Å²) in [5.74, 6) is 1.53. The summed E-state index contributed by atoms with van der Waals surface area (Å²) in [5, 5.41) is 12.3. The summed E-state index contributed by atoms with van der Waals surface area (Å²) in [7, 11) is 0. The minimum absolute atomic E-state index is 0.380. The first-order chi connectivity index (χ1) is 8.33. The van der Waals surface area contributed by atoms with Gasteiger partial charge in [0.2, 0.25) is 0 Å². The van der Waals surface area contributed by atoms with Crippen LogP contribution in [0.2, 0.25) is 5.02 Å². The van der Waals surface area contributed by atoms with Gasteiger partial charge in [-0.1, -0.05) is 11.6 Å². The van der Waals surface area contributed by atoms with Crippen molar-refractivity contribution >= 4 is 11.6 Å². The number of hydrogen-bond donors (Lipinski definition) is 0. The molecular weight excluding hydrogens is 240 g/mol. The topological polar surface area (TPSA) is 52.8 Å². The van der Waals surface area contributed by atoms with Gasteiger partial charge in [-0.05, 0) is 47.5 Å². The summed E-state index contributed by atoms with van der Waals surface area (Å²) in [4.78, 5) is 0. The fourth-order valence-corrected chi connectivity index (χ4v) is 1.71. The van der Waals surface area contributed by atoms with E-state index in [0.29, 0.717) is 17.7 Å². The molecule has 5 nitrogen and oxygen atoms in total. The van der Waals surface area contributed by atoms with Crippen LogP contribution in [0, 0.1) is 0 Å². The van der Waals surface area contributed by atoms with Gasteiger partial charge in [-0.15, -0.1) is 5.10 Å². The van der Waals surface area contributed by atoms with Crippen molar-refractivity contribution < 1.29 is 4.74 Å². The second-order valence-corrected chi connectivity index (χ2v) is 4.45. The smallest absolute Gasteiger partial charge is 0.189 e. The summed E-state index contributed by atoms with van der Waals surface area (Å²) < 4.78 is 7.45. The Hall–Kier alpha value is -1.62. The Balaban J connectivity index is 1.67. The molecule has 1 aliphatic carbocycles. The first-order valence-corrected chi connectivity index (χ1v) is 5.86. The molecule has 1 fully saturated rings. The van der Waals surface area contributed by atoms with E-state index in [-0.39, 0.29) is 0 Å². The quantitative estimate of drug-likeness (QED) is 0.835. The molecule has 0 bridgehead atoms. The molecule has 1 saturated carbocycles. The molecule has 0 aliphatic heterocycles. The normalized spacial score (nSPS) is 14.9. The van der Waals surface area contributed by atoms with Crippen LogP contribution < -0.4 is 4.74 Å². The number of nitrogens with zero attached hydrogens (tertiary/aromatic N) is 4. The number of benzene rings is 1. The SMILES string of the molecule is Clc1ccc(OCc2nnnn2C2CC2)cc1. The highest BCUT2D eigenvalue weighted by Gasteiger charge is 2.27. The van der Waals surface area contributed by atoms with Gasteiger partial charge in [-0.25, -0.2) is 4.68 Å². The fraction of sp³-hybridized carbons (Fsp3) is 0.364. The molecule has 0 radical (unpaired) electrons. The second kappa shape index (κ2) is 4.33. The molecule has 2 aromatic rings. The van der Waals surface area contributed by atoms with Crippen molar-refractivity contribution in [1.82, 2.24) is 20.2 Å². The highest BCUT2D eigenvalue weighted by atomic mass is 35.5. The molecule has 3 rings (SSSR count). The molecule has 1 aromatic heterocycles. The third-order valence-corrected chi connectivity index (χ3v) is 2.89. The van der Waals surface area contributed by atoms with E-state index >= 15 is 0 Å². The van der Waals surface area contributed by atoms with Gasteiger partial charge in [0.05, 0.1) is 6.04 Å². The average Bonchev–Trinajstić information content (AvgIpc) is 3.08. The van der Waals surface area contributed by atoms with Crippen molar-refractivity contribution in [2.24, 2.45) is 0 Å². The largest absolute Gasteiger partial charge is 0.486 e. The van der Waals surface area contributed by atoms with Gasteiger partial charge in [0.15, 0.2) is 5.82 Å². The van der Waals surface area contributed by atoms with E-state index in [9.17, 15) is 0 Å². The zero-order valence-corrected chi connectivity index (χ0v) is 9.84. The van der Waals surface area contributed by atoms with Crippen molar-refractivity contribution in [3.63, 3.8) is 0 Å². The summed E-state index contributed by atoms with van der Waals surface area (Å²) >= 11 is 5.79. The van der Waals surface area contributed by atoms with Crippen LogP contribution in [0.1, 0.15) is 24.7 Å². The van der Waals surface area contributed by atoms with Gasteiger partial charge in [0.25, 0.3) is 0 Å². The lowest BCUT2D eigenvalue weighted by Crippen LogP contribution is -2.07. The Labute approximate surface area is 103 Å². The molecule has 0 saturated heterocycles. The molecule has 1 aliphatic rings. The number of tetrazole rings is 1. The molecular formula is C11H11ClN4O. The Bertz CT molecular complexity index is 506. The van der Waals surface area contributed by atoms with Crippen molar-refractivity contribution in [2.45, 2.75) is 25.5 Å². The zero-order chi connectivity index (χ0) is 11.7. The third kappa shape index (κ3) is 2.39. The Morgan fingerprint density at radius 3 is 2.76 bits per heavy atom. The highest BCUT2D eigenvalue weighted by Crippen LogP contribution is 2.34. The molecule has 17 heavy (non-hydrogen) atoms. The van der Waals surface area contributed by atoms with E-state index < -0.39 is 0 Å². The van der Waals surface area contributed by atoms with Crippen LogP contribution in [-0.4, -0.2) is 20.2 Å². The maximum Gasteiger partial charge on any atom is 0.189 e. The number of rotatable bonds is 4. The molecule has 0 amide bonds. The number of ether oxygens (including phenoxy) is 1. The summed E-state index contributed by atoms with van der Waals surface area (Å²) in [6, 6.07) is 7.71. The second-order valence-electron chi connectivity index (χ2n) is 4.01. The summed E-state index contributed by atoms with van der Waals surface area (Å²) in [6.45, 7) is 0.380. The third-order valence-electron chi connectivity index (χ3n) is 2.64. The van der Waals surface area contributed by atoms with E-state index in [1.165, 1.54) is 0 Å². The maximum atomic E-state index is 5.79. The number of halogens is 1. The van der Waals surface area contributed by atoms with E-state index in [1.807, 2.05) is 16.8 Å². The van der Waals surface area contributed by atoms with Gasteiger partial charge in [0.1, 0.15) is 12.4 Å². The average molecular weight is 251 g/mol. The summed E-state index contributed by atoms with van der Waals surface area (Å²) in [5.41, 5.74) is 0. The van der Waals surface area contributed by atoms with Crippen molar-refractivity contribution in [3.05, 3.63) is 35.1 Å². The van der Waals surface area contributed by atoms with E-state index in [4.69, 9.17) is 16.3 Å². The van der Waals surface area contributed by atoms with Gasteiger partial charge < -0.3 is 4.74 Å². The standard InChI is InChI=1S/C11H11ClN4O/c12-8-1-5-10(6-2-8)17-7-11-13-14-15-16(11)9-3-4-9/h1-2,5-6,9H,3-4,7H2. The van der Waals surface area contributed by atoms with Crippen LogP contribution in [-0.2, 0) is 6.61 Å². The van der Waals surface area contributed by atoms with Crippen LogP contribution in [0.4, 0.5) is 0 Å². The monoisotopic (exact) mass is 250 g/mol. The number of hydrogen-bond acceptors (Lipinski definition) is 4. The lowest BCUT2D eigenvalue weighted by Gasteiger charge is -2.05. The Morgan fingerprint density at radius 2 is 2.06 bits per heavy atom. The predicted molar refractivity (Wildman–Crippen MR) is 61.9 cm³/mol. The van der Waals surface area contributed by atoms with E-state index in [2.05, 4.69) is 15.5 Å². The molecule has 88 valence electrons. The van der Waals surface area contributed by atoms with Gasteiger partial charge >= 0.3 is 0 Å². The molecule has 0 unspecified atom stereocenters. The maximum absolute atomic E-state index is 5.79. The van der Waals surface area contributed by atoms with Crippen LogP contribution in [0.15, 0.2) is 24.3 Å². The molecule has 0 N–H and O–H groups in total. The van der Waals surface area contributed by atoms with Gasteiger partial charge in [0, 0.05) is 5.02 Å². The molecule has 1 aromatic carbocycles. The molecule has 1 heterocycles. The molecule has 0 spiro atoms. The summed E-state index contributed by atoms with van der Waals surface area (Å²) in [6.07, 6.45) is 2.30. The zero-order valence-electron chi connectivity index (χ0n) is 9.08. The molecule has 6 heteroatoms. The van der Waals surface area contributed by atoms with Crippen LogP contribution >= 0.6 is 11.6 Å². The highest BCUT2D eigenvalue weighted by molar-refractivity contribution is 6.30.